The van der Waals surface area contributed by atoms with E-state index in [9.17, 15) is 9.18 Å². The number of carbonyl (C=O) groups is 1. The van der Waals surface area contributed by atoms with E-state index < -0.39 is 5.82 Å². The van der Waals surface area contributed by atoms with E-state index in [2.05, 4.69) is 31.5 Å². The van der Waals surface area contributed by atoms with Gasteiger partial charge < -0.3 is 10.6 Å². The second kappa shape index (κ2) is 6.45. The third kappa shape index (κ3) is 3.99. The van der Waals surface area contributed by atoms with Gasteiger partial charge in [0.25, 0.3) is 0 Å². The first-order chi connectivity index (χ1) is 9.08. The van der Waals surface area contributed by atoms with E-state index in [1.165, 1.54) is 6.07 Å². The first kappa shape index (κ1) is 14.4. The van der Waals surface area contributed by atoms with Crippen molar-refractivity contribution in [2.24, 2.45) is 0 Å². The molecule has 1 atom stereocenters. The standard InChI is InChI=1S/C13H17BrFN3O/c1-16-10-4-5-18(7-10)8-13(19)17-12-3-2-9(14)6-11(12)15/h2-3,6,10,16H,4-5,7-8H2,1H3,(H,17,19). The first-order valence-corrected chi connectivity index (χ1v) is 7.02. The van der Waals surface area contributed by atoms with E-state index in [0.29, 0.717) is 17.1 Å². The van der Waals surface area contributed by atoms with Crippen molar-refractivity contribution in [3.63, 3.8) is 0 Å². The average Bonchev–Trinajstić information content (AvgIpc) is 2.80. The lowest BCUT2D eigenvalue weighted by molar-refractivity contribution is -0.117. The summed E-state index contributed by atoms with van der Waals surface area (Å²) in [5, 5.41) is 5.79. The third-order valence-corrected chi connectivity index (χ3v) is 3.75. The molecule has 0 aliphatic carbocycles. The fraction of sp³-hybridized carbons (Fsp3) is 0.462. The van der Waals surface area contributed by atoms with Crippen molar-refractivity contribution in [1.29, 1.82) is 0 Å². The van der Waals surface area contributed by atoms with Gasteiger partial charge in [-0.3, -0.25) is 9.69 Å². The normalized spacial score (nSPS) is 19.6. The van der Waals surface area contributed by atoms with Crippen LogP contribution in [0, 0.1) is 5.82 Å². The molecule has 0 saturated carbocycles. The van der Waals surface area contributed by atoms with Crippen LogP contribution in [0.25, 0.3) is 0 Å². The van der Waals surface area contributed by atoms with Crippen molar-refractivity contribution in [3.05, 3.63) is 28.5 Å². The van der Waals surface area contributed by atoms with E-state index in [-0.39, 0.29) is 11.6 Å². The number of anilines is 1. The SMILES string of the molecule is CNC1CCN(CC(=O)Nc2ccc(Br)cc2F)C1. The van der Waals surface area contributed by atoms with Crippen molar-refractivity contribution in [1.82, 2.24) is 10.2 Å². The maximum Gasteiger partial charge on any atom is 0.238 e. The summed E-state index contributed by atoms with van der Waals surface area (Å²) in [6.07, 6.45) is 1.04. The van der Waals surface area contributed by atoms with Crippen LogP contribution in [0.15, 0.2) is 22.7 Å². The average molecular weight is 330 g/mol. The van der Waals surface area contributed by atoms with Gasteiger partial charge in [-0.05, 0) is 31.7 Å². The number of likely N-dealkylation sites (N-methyl/N-ethyl adjacent to an activating group) is 1. The van der Waals surface area contributed by atoms with Gasteiger partial charge in [-0.15, -0.1) is 0 Å². The summed E-state index contributed by atoms with van der Waals surface area (Å²) in [6, 6.07) is 5.03. The van der Waals surface area contributed by atoms with Crippen LogP contribution < -0.4 is 10.6 Å². The van der Waals surface area contributed by atoms with Gasteiger partial charge in [0.05, 0.1) is 12.2 Å². The molecule has 4 nitrogen and oxygen atoms in total. The van der Waals surface area contributed by atoms with Crippen LogP contribution in [0.2, 0.25) is 0 Å². The number of amides is 1. The van der Waals surface area contributed by atoms with E-state index in [0.717, 1.165) is 19.5 Å². The first-order valence-electron chi connectivity index (χ1n) is 6.23. The smallest absolute Gasteiger partial charge is 0.238 e. The quantitative estimate of drug-likeness (QED) is 0.885. The van der Waals surface area contributed by atoms with Gasteiger partial charge in [0, 0.05) is 23.6 Å². The number of likely N-dealkylation sites (tertiary alicyclic amines) is 1. The molecule has 0 radical (unpaired) electrons. The molecule has 1 heterocycles. The Balaban J connectivity index is 1.87. The minimum absolute atomic E-state index is 0.182. The molecule has 1 aliphatic heterocycles. The molecule has 1 fully saturated rings. The van der Waals surface area contributed by atoms with Gasteiger partial charge in [0.1, 0.15) is 5.82 Å². The molecule has 1 aliphatic rings. The number of halogens is 2. The summed E-state index contributed by atoms with van der Waals surface area (Å²) in [5.41, 5.74) is 0.220. The molecule has 0 aromatic heterocycles. The fourth-order valence-electron chi connectivity index (χ4n) is 2.20. The molecule has 1 aromatic carbocycles. The highest BCUT2D eigenvalue weighted by atomic mass is 79.9. The van der Waals surface area contributed by atoms with Crippen molar-refractivity contribution < 1.29 is 9.18 Å². The summed E-state index contributed by atoms with van der Waals surface area (Å²) in [6.45, 7) is 2.04. The van der Waals surface area contributed by atoms with Crippen molar-refractivity contribution >= 4 is 27.5 Å². The van der Waals surface area contributed by atoms with Crippen molar-refractivity contribution in [2.75, 3.05) is 32.0 Å². The monoisotopic (exact) mass is 329 g/mol. The molecule has 19 heavy (non-hydrogen) atoms. The van der Waals surface area contributed by atoms with Gasteiger partial charge >= 0.3 is 0 Å². The lowest BCUT2D eigenvalue weighted by Crippen LogP contribution is -2.34. The van der Waals surface area contributed by atoms with Crippen LogP contribution >= 0.6 is 15.9 Å². The molecule has 1 aromatic rings. The topological polar surface area (TPSA) is 44.4 Å². The van der Waals surface area contributed by atoms with Crippen LogP contribution in [0.1, 0.15) is 6.42 Å². The van der Waals surface area contributed by atoms with Crippen LogP contribution in [0.3, 0.4) is 0 Å². The van der Waals surface area contributed by atoms with Gasteiger partial charge in [0.2, 0.25) is 5.91 Å². The fourth-order valence-corrected chi connectivity index (χ4v) is 2.53. The van der Waals surface area contributed by atoms with Crippen LogP contribution in [0.4, 0.5) is 10.1 Å². The molecule has 2 rings (SSSR count). The number of rotatable bonds is 4. The number of nitrogens with one attached hydrogen (secondary N) is 2. The maximum atomic E-state index is 13.6. The molecule has 1 saturated heterocycles. The molecule has 1 amide bonds. The van der Waals surface area contributed by atoms with Crippen molar-refractivity contribution in [2.45, 2.75) is 12.5 Å². The lowest BCUT2D eigenvalue weighted by atomic mass is 10.3. The van der Waals surface area contributed by atoms with Gasteiger partial charge in [0.15, 0.2) is 0 Å². The van der Waals surface area contributed by atoms with E-state index >= 15 is 0 Å². The largest absolute Gasteiger partial charge is 0.322 e. The highest BCUT2D eigenvalue weighted by molar-refractivity contribution is 9.10. The van der Waals surface area contributed by atoms with Crippen LogP contribution in [0.5, 0.6) is 0 Å². The number of nitrogens with zero attached hydrogens (tertiary/aromatic N) is 1. The highest BCUT2D eigenvalue weighted by Gasteiger charge is 2.22. The zero-order valence-corrected chi connectivity index (χ0v) is 12.3. The Kier molecular flexibility index (Phi) is 4.90. The summed E-state index contributed by atoms with van der Waals surface area (Å²) < 4.78 is 14.2. The molecular formula is C13H17BrFN3O. The molecule has 6 heteroatoms. The zero-order chi connectivity index (χ0) is 13.8. The minimum atomic E-state index is -0.433. The molecular weight excluding hydrogens is 313 g/mol. The molecule has 0 bridgehead atoms. The minimum Gasteiger partial charge on any atom is -0.322 e. The molecule has 2 N–H and O–H groups in total. The Morgan fingerprint density at radius 1 is 1.58 bits per heavy atom. The number of hydrogen-bond donors (Lipinski definition) is 2. The van der Waals surface area contributed by atoms with Crippen LogP contribution in [-0.2, 0) is 4.79 Å². The molecule has 0 spiro atoms. The van der Waals surface area contributed by atoms with Crippen molar-refractivity contribution in [3.8, 4) is 0 Å². The summed E-state index contributed by atoms with van der Waals surface area (Å²) in [5.74, 6) is -0.616. The van der Waals surface area contributed by atoms with Gasteiger partial charge in [-0.2, -0.15) is 0 Å². The summed E-state index contributed by atoms with van der Waals surface area (Å²) in [4.78, 5) is 13.9. The second-order valence-electron chi connectivity index (χ2n) is 4.68. The molecule has 104 valence electrons. The number of hydrogen-bond acceptors (Lipinski definition) is 3. The Morgan fingerprint density at radius 2 is 2.37 bits per heavy atom. The Bertz CT molecular complexity index is 469. The summed E-state index contributed by atoms with van der Waals surface area (Å²) in [7, 11) is 1.92. The second-order valence-corrected chi connectivity index (χ2v) is 5.60. The van der Waals surface area contributed by atoms with E-state index in [1.54, 1.807) is 12.1 Å². The summed E-state index contributed by atoms with van der Waals surface area (Å²) >= 11 is 3.18. The van der Waals surface area contributed by atoms with E-state index in [1.807, 2.05) is 7.05 Å². The predicted molar refractivity (Wildman–Crippen MR) is 76.6 cm³/mol. The Hall–Kier alpha value is -0.980. The number of carbonyl (C=O) groups excluding carboxylic acids is 1. The zero-order valence-electron chi connectivity index (χ0n) is 10.7. The van der Waals surface area contributed by atoms with Gasteiger partial charge in [-0.1, -0.05) is 15.9 Å². The predicted octanol–water partition coefficient (Wildman–Crippen LogP) is 1.82. The van der Waals surface area contributed by atoms with Crippen LogP contribution in [-0.4, -0.2) is 43.5 Å². The third-order valence-electron chi connectivity index (χ3n) is 3.25. The Morgan fingerprint density at radius 3 is 3.00 bits per heavy atom. The maximum absolute atomic E-state index is 13.6. The number of benzene rings is 1. The molecule has 1 unspecified atom stereocenters. The Labute approximate surface area is 120 Å². The van der Waals surface area contributed by atoms with E-state index in [4.69, 9.17) is 0 Å². The van der Waals surface area contributed by atoms with Gasteiger partial charge in [-0.25, -0.2) is 4.39 Å². The lowest BCUT2D eigenvalue weighted by Gasteiger charge is -2.15. The highest BCUT2D eigenvalue weighted by Crippen LogP contribution is 2.19.